The summed E-state index contributed by atoms with van der Waals surface area (Å²) in [5.41, 5.74) is 2.75. The molecular weight excluding hydrogens is 461 g/mol. The predicted octanol–water partition coefficient (Wildman–Crippen LogP) is 4.65. The molecule has 8 nitrogen and oxygen atoms in total. The number of amides is 1. The Bertz CT molecular complexity index is 1380. The number of nitriles is 1. The van der Waals surface area contributed by atoms with Gasteiger partial charge < -0.3 is 14.4 Å². The largest absolute Gasteiger partial charge is 0.497 e. The third-order valence-electron chi connectivity index (χ3n) is 5.56. The fraction of sp³-hybridized carbons (Fsp3) is 0.185. The summed E-state index contributed by atoms with van der Waals surface area (Å²) in [5.74, 6) is 0.408. The summed E-state index contributed by atoms with van der Waals surface area (Å²) in [7, 11) is 3.10. The summed E-state index contributed by atoms with van der Waals surface area (Å²) in [6, 6.07) is 18.4. The number of benzene rings is 2. The van der Waals surface area contributed by atoms with Crippen LogP contribution in [0.2, 0.25) is 0 Å². The fourth-order valence-corrected chi connectivity index (χ4v) is 3.77. The Morgan fingerprint density at radius 3 is 2.58 bits per heavy atom. The van der Waals surface area contributed by atoms with Crippen molar-refractivity contribution in [1.29, 1.82) is 5.26 Å². The molecule has 0 saturated carbocycles. The van der Waals surface area contributed by atoms with Crippen LogP contribution in [0.4, 0.5) is 4.39 Å². The molecule has 0 aliphatic heterocycles. The monoisotopic (exact) mass is 485 g/mol. The first kappa shape index (κ1) is 24.4. The number of aromatic nitrogens is 3. The van der Waals surface area contributed by atoms with E-state index >= 15 is 0 Å². The molecular formula is C27H24FN5O3. The molecule has 0 unspecified atom stereocenters. The van der Waals surface area contributed by atoms with Gasteiger partial charge in [0.25, 0.3) is 5.91 Å². The van der Waals surface area contributed by atoms with Crippen LogP contribution in [-0.4, -0.2) is 46.3 Å². The molecule has 2 heterocycles. The third-order valence-corrected chi connectivity index (χ3v) is 5.56. The number of carbonyl (C=O) groups excluding carboxylic acids is 1. The van der Waals surface area contributed by atoms with Gasteiger partial charge in [-0.3, -0.25) is 9.78 Å². The van der Waals surface area contributed by atoms with E-state index in [2.05, 4.69) is 16.2 Å². The Morgan fingerprint density at radius 2 is 1.92 bits per heavy atom. The normalized spacial score (nSPS) is 10.5. The second-order valence-electron chi connectivity index (χ2n) is 7.87. The van der Waals surface area contributed by atoms with Crippen LogP contribution < -0.4 is 9.47 Å². The Kier molecular flexibility index (Phi) is 7.56. The second-order valence-corrected chi connectivity index (χ2v) is 7.87. The minimum atomic E-state index is -0.400. The number of methoxy groups -OCH3 is 2. The zero-order valence-electron chi connectivity index (χ0n) is 19.9. The zero-order chi connectivity index (χ0) is 25.5. The molecule has 0 aliphatic carbocycles. The topological polar surface area (TPSA) is 93.3 Å². The molecule has 1 amide bonds. The van der Waals surface area contributed by atoms with Crippen LogP contribution in [0, 0.1) is 17.1 Å². The number of carbonyl (C=O) groups is 1. The average molecular weight is 486 g/mol. The number of halogens is 1. The van der Waals surface area contributed by atoms with E-state index in [1.54, 1.807) is 74.0 Å². The lowest BCUT2D eigenvalue weighted by atomic mass is 10.1. The van der Waals surface area contributed by atoms with E-state index in [9.17, 15) is 9.18 Å². The molecule has 4 aromatic rings. The standard InChI is InChI=1S/C27H24FN5O3/c1-35-22-10-11-23(26(15-22)36-2)24-16-25(33(31-24)21-8-6-20(28)7-9-21)27(34)32(14-4-12-29)18-19-5-3-13-30-17-19/h3,5-11,13,15-17H,4,14,18H2,1-2H3. The lowest BCUT2D eigenvalue weighted by molar-refractivity contribution is 0.0737. The lowest BCUT2D eigenvalue weighted by Crippen LogP contribution is -2.33. The maximum atomic E-state index is 13.8. The van der Waals surface area contributed by atoms with Crippen LogP contribution in [0.15, 0.2) is 73.1 Å². The fourth-order valence-electron chi connectivity index (χ4n) is 3.77. The van der Waals surface area contributed by atoms with Gasteiger partial charge in [-0.05, 0) is 54.1 Å². The number of pyridine rings is 1. The molecule has 182 valence electrons. The first-order valence-corrected chi connectivity index (χ1v) is 11.2. The number of hydrogen-bond donors (Lipinski definition) is 0. The van der Waals surface area contributed by atoms with Gasteiger partial charge in [0.15, 0.2) is 0 Å². The van der Waals surface area contributed by atoms with Crippen molar-refractivity contribution in [3.8, 4) is 34.5 Å². The summed E-state index contributed by atoms with van der Waals surface area (Å²) >= 11 is 0. The van der Waals surface area contributed by atoms with Crippen molar-refractivity contribution in [2.45, 2.75) is 13.0 Å². The Labute approximate surface area is 208 Å². The van der Waals surface area contributed by atoms with Gasteiger partial charge in [0.2, 0.25) is 0 Å². The third kappa shape index (κ3) is 5.33. The molecule has 36 heavy (non-hydrogen) atoms. The van der Waals surface area contributed by atoms with Crippen LogP contribution in [0.25, 0.3) is 16.9 Å². The van der Waals surface area contributed by atoms with Crippen molar-refractivity contribution >= 4 is 5.91 Å². The van der Waals surface area contributed by atoms with E-state index in [0.717, 1.165) is 5.56 Å². The van der Waals surface area contributed by atoms with Crippen LogP contribution in [0.1, 0.15) is 22.5 Å². The zero-order valence-corrected chi connectivity index (χ0v) is 19.9. The molecule has 0 N–H and O–H groups in total. The van der Waals surface area contributed by atoms with Crippen molar-refractivity contribution in [2.24, 2.45) is 0 Å². The highest BCUT2D eigenvalue weighted by molar-refractivity contribution is 5.94. The van der Waals surface area contributed by atoms with Crippen molar-refractivity contribution in [3.63, 3.8) is 0 Å². The number of rotatable bonds is 9. The highest BCUT2D eigenvalue weighted by Crippen LogP contribution is 2.34. The molecule has 2 aromatic heterocycles. The van der Waals surface area contributed by atoms with Gasteiger partial charge in [-0.15, -0.1) is 0 Å². The van der Waals surface area contributed by atoms with E-state index < -0.39 is 5.82 Å². The van der Waals surface area contributed by atoms with Gasteiger partial charge in [0.05, 0.1) is 38.1 Å². The molecule has 0 spiro atoms. The second kappa shape index (κ2) is 11.1. The quantitative estimate of drug-likeness (QED) is 0.343. The lowest BCUT2D eigenvalue weighted by Gasteiger charge is -2.22. The Balaban J connectivity index is 1.81. The summed E-state index contributed by atoms with van der Waals surface area (Å²) in [6.07, 6.45) is 3.50. The minimum Gasteiger partial charge on any atom is -0.497 e. The van der Waals surface area contributed by atoms with Crippen LogP contribution >= 0.6 is 0 Å². The number of hydrogen-bond acceptors (Lipinski definition) is 6. The summed E-state index contributed by atoms with van der Waals surface area (Å²) in [6.45, 7) is 0.490. The highest BCUT2D eigenvalue weighted by Gasteiger charge is 2.24. The first-order valence-electron chi connectivity index (χ1n) is 11.2. The van der Waals surface area contributed by atoms with Gasteiger partial charge in [-0.2, -0.15) is 10.4 Å². The van der Waals surface area contributed by atoms with E-state index in [-0.39, 0.29) is 31.1 Å². The average Bonchev–Trinajstić information content (AvgIpc) is 3.36. The Hall–Kier alpha value is -4.71. The molecule has 2 aromatic carbocycles. The van der Waals surface area contributed by atoms with Crippen molar-refractivity contribution in [2.75, 3.05) is 20.8 Å². The SMILES string of the molecule is COc1ccc(-c2cc(C(=O)N(CCC#N)Cc3cccnc3)n(-c3ccc(F)cc3)n2)c(OC)c1. The van der Waals surface area contributed by atoms with E-state index in [1.807, 2.05) is 6.07 Å². The highest BCUT2D eigenvalue weighted by atomic mass is 19.1. The minimum absolute atomic E-state index is 0.163. The molecule has 0 saturated heterocycles. The van der Waals surface area contributed by atoms with Crippen LogP contribution in [-0.2, 0) is 6.54 Å². The molecule has 0 radical (unpaired) electrons. The molecule has 0 fully saturated rings. The van der Waals surface area contributed by atoms with Crippen molar-refractivity contribution < 1.29 is 18.7 Å². The van der Waals surface area contributed by atoms with E-state index in [4.69, 9.17) is 14.7 Å². The number of nitrogens with zero attached hydrogens (tertiary/aromatic N) is 5. The van der Waals surface area contributed by atoms with Crippen molar-refractivity contribution in [1.82, 2.24) is 19.7 Å². The van der Waals surface area contributed by atoms with Gasteiger partial charge in [0.1, 0.15) is 23.0 Å². The molecule has 0 atom stereocenters. The number of ether oxygens (including phenoxy) is 2. The van der Waals surface area contributed by atoms with Gasteiger partial charge >= 0.3 is 0 Å². The summed E-state index contributed by atoms with van der Waals surface area (Å²) < 4.78 is 25.9. The van der Waals surface area contributed by atoms with Crippen molar-refractivity contribution in [3.05, 3.63) is 90.1 Å². The van der Waals surface area contributed by atoms with Gasteiger partial charge in [0, 0.05) is 37.1 Å². The smallest absolute Gasteiger partial charge is 0.272 e. The van der Waals surface area contributed by atoms with Crippen LogP contribution in [0.3, 0.4) is 0 Å². The summed E-state index contributed by atoms with van der Waals surface area (Å²) in [5, 5.41) is 13.9. The van der Waals surface area contributed by atoms with E-state index in [1.165, 1.54) is 16.8 Å². The predicted molar refractivity (Wildman–Crippen MR) is 131 cm³/mol. The van der Waals surface area contributed by atoms with Crippen LogP contribution in [0.5, 0.6) is 11.5 Å². The molecule has 9 heteroatoms. The molecule has 4 rings (SSSR count). The summed E-state index contributed by atoms with van der Waals surface area (Å²) in [4.78, 5) is 19.5. The van der Waals surface area contributed by atoms with E-state index in [0.29, 0.717) is 28.4 Å². The van der Waals surface area contributed by atoms with Gasteiger partial charge in [-0.25, -0.2) is 9.07 Å². The maximum absolute atomic E-state index is 13.8. The Morgan fingerprint density at radius 1 is 1.11 bits per heavy atom. The van der Waals surface area contributed by atoms with Gasteiger partial charge in [-0.1, -0.05) is 6.07 Å². The first-order chi connectivity index (χ1) is 17.5. The molecule has 0 bridgehead atoms. The molecule has 0 aliphatic rings. The maximum Gasteiger partial charge on any atom is 0.272 e.